The quantitative estimate of drug-likeness (QED) is 0.768. The minimum atomic E-state index is 0.518. The van der Waals surface area contributed by atoms with Gasteiger partial charge < -0.3 is 14.8 Å². The molecule has 0 saturated heterocycles. The van der Waals surface area contributed by atoms with Crippen LogP contribution in [0.1, 0.15) is 32.9 Å². The topological polar surface area (TPSA) is 33.1 Å². The van der Waals surface area contributed by atoms with E-state index >= 15 is 0 Å². The molecule has 0 radical (unpaired) electrons. The SMILES string of the molecule is CCCn1cncc1CNC(CN(C)C)C(C)C. The highest BCUT2D eigenvalue weighted by atomic mass is 15.1. The maximum atomic E-state index is 4.24. The molecule has 0 amide bonds. The maximum absolute atomic E-state index is 4.24. The Balaban J connectivity index is 2.53. The number of hydrogen-bond donors (Lipinski definition) is 1. The maximum Gasteiger partial charge on any atom is 0.0948 e. The van der Waals surface area contributed by atoms with Gasteiger partial charge in [0.15, 0.2) is 0 Å². The van der Waals surface area contributed by atoms with E-state index in [1.165, 1.54) is 5.69 Å². The summed E-state index contributed by atoms with van der Waals surface area (Å²) in [5.74, 6) is 0.634. The van der Waals surface area contributed by atoms with Crippen LogP contribution in [0.4, 0.5) is 0 Å². The van der Waals surface area contributed by atoms with Crippen molar-refractivity contribution >= 4 is 0 Å². The van der Waals surface area contributed by atoms with Gasteiger partial charge in [-0.25, -0.2) is 4.98 Å². The molecule has 1 rings (SSSR count). The third-order valence-electron chi connectivity index (χ3n) is 3.17. The molecule has 0 bridgehead atoms. The minimum absolute atomic E-state index is 0.518. The summed E-state index contributed by atoms with van der Waals surface area (Å²) in [7, 11) is 4.25. The first kappa shape index (κ1) is 15.2. The lowest BCUT2D eigenvalue weighted by Crippen LogP contribution is -2.41. The molecule has 4 heteroatoms. The van der Waals surface area contributed by atoms with Crippen LogP contribution < -0.4 is 5.32 Å². The van der Waals surface area contributed by atoms with Crippen LogP contribution in [0.5, 0.6) is 0 Å². The van der Waals surface area contributed by atoms with Gasteiger partial charge in [-0.2, -0.15) is 0 Å². The second-order valence-corrected chi connectivity index (χ2v) is 5.57. The smallest absolute Gasteiger partial charge is 0.0948 e. The number of rotatable bonds is 8. The molecule has 1 heterocycles. The predicted molar refractivity (Wildman–Crippen MR) is 76.5 cm³/mol. The molecule has 0 aliphatic carbocycles. The highest BCUT2D eigenvalue weighted by molar-refractivity contribution is 4.98. The summed E-state index contributed by atoms with van der Waals surface area (Å²) in [6.45, 7) is 9.75. The zero-order chi connectivity index (χ0) is 13.5. The monoisotopic (exact) mass is 252 g/mol. The summed E-state index contributed by atoms with van der Waals surface area (Å²) in [4.78, 5) is 6.47. The molecule has 0 aliphatic heterocycles. The number of nitrogens with one attached hydrogen (secondary N) is 1. The van der Waals surface area contributed by atoms with Crippen molar-refractivity contribution in [2.45, 2.75) is 46.3 Å². The number of aromatic nitrogens is 2. The van der Waals surface area contributed by atoms with Gasteiger partial charge in [0.25, 0.3) is 0 Å². The highest BCUT2D eigenvalue weighted by Crippen LogP contribution is 2.06. The number of hydrogen-bond acceptors (Lipinski definition) is 3. The van der Waals surface area contributed by atoms with Crippen molar-refractivity contribution in [3.8, 4) is 0 Å². The van der Waals surface area contributed by atoms with Gasteiger partial charge in [-0.3, -0.25) is 0 Å². The van der Waals surface area contributed by atoms with E-state index < -0.39 is 0 Å². The van der Waals surface area contributed by atoms with E-state index in [0.717, 1.165) is 26.1 Å². The van der Waals surface area contributed by atoms with Crippen molar-refractivity contribution in [2.24, 2.45) is 5.92 Å². The van der Waals surface area contributed by atoms with Gasteiger partial charge in [-0.1, -0.05) is 20.8 Å². The van der Waals surface area contributed by atoms with Gasteiger partial charge in [0.2, 0.25) is 0 Å². The molecular weight excluding hydrogens is 224 g/mol. The van der Waals surface area contributed by atoms with E-state index in [0.29, 0.717) is 12.0 Å². The van der Waals surface area contributed by atoms with Crippen LogP contribution in [0.15, 0.2) is 12.5 Å². The van der Waals surface area contributed by atoms with E-state index in [1.54, 1.807) is 0 Å². The Morgan fingerprint density at radius 2 is 2.11 bits per heavy atom. The largest absolute Gasteiger partial charge is 0.333 e. The fraction of sp³-hybridized carbons (Fsp3) is 0.786. The fourth-order valence-corrected chi connectivity index (χ4v) is 2.08. The number of likely N-dealkylation sites (N-methyl/N-ethyl adjacent to an activating group) is 1. The zero-order valence-electron chi connectivity index (χ0n) is 12.5. The molecule has 18 heavy (non-hydrogen) atoms. The Kier molecular flexibility index (Phi) is 6.36. The predicted octanol–water partition coefficient (Wildman–Crippen LogP) is 1.97. The molecule has 1 unspecified atom stereocenters. The molecule has 0 fully saturated rings. The Morgan fingerprint density at radius 1 is 1.39 bits per heavy atom. The van der Waals surface area contributed by atoms with Crippen molar-refractivity contribution in [1.82, 2.24) is 19.8 Å². The summed E-state index contributed by atoms with van der Waals surface area (Å²) in [5.41, 5.74) is 1.28. The molecule has 0 aliphatic rings. The van der Waals surface area contributed by atoms with Crippen molar-refractivity contribution in [3.05, 3.63) is 18.2 Å². The average molecular weight is 252 g/mol. The standard InChI is InChI=1S/C14H28N4/c1-6-7-18-11-15-8-13(18)9-16-14(12(2)3)10-17(4)5/h8,11-12,14,16H,6-7,9-10H2,1-5H3. The lowest BCUT2D eigenvalue weighted by Gasteiger charge is -2.26. The van der Waals surface area contributed by atoms with E-state index in [-0.39, 0.29) is 0 Å². The van der Waals surface area contributed by atoms with E-state index in [4.69, 9.17) is 0 Å². The first-order valence-corrected chi connectivity index (χ1v) is 6.91. The van der Waals surface area contributed by atoms with Gasteiger partial charge in [0.1, 0.15) is 0 Å². The summed E-state index contributed by atoms with van der Waals surface area (Å²) in [5, 5.41) is 3.65. The van der Waals surface area contributed by atoms with Crippen LogP contribution in [0.3, 0.4) is 0 Å². The van der Waals surface area contributed by atoms with Crippen molar-refractivity contribution in [2.75, 3.05) is 20.6 Å². The van der Waals surface area contributed by atoms with E-state index in [2.05, 4.69) is 54.6 Å². The fourth-order valence-electron chi connectivity index (χ4n) is 2.08. The molecule has 1 aromatic rings. The molecular formula is C14H28N4. The normalized spacial score (nSPS) is 13.5. The highest BCUT2D eigenvalue weighted by Gasteiger charge is 2.14. The summed E-state index contributed by atoms with van der Waals surface area (Å²) in [6.07, 6.45) is 5.04. The van der Waals surface area contributed by atoms with E-state index in [9.17, 15) is 0 Å². The van der Waals surface area contributed by atoms with Crippen molar-refractivity contribution < 1.29 is 0 Å². The Morgan fingerprint density at radius 3 is 2.67 bits per heavy atom. The average Bonchev–Trinajstić information content (AvgIpc) is 2.71. The Bertz CT molecular complexity index is 330. The summed E-state index contributed by atoms with van der Waals surface area (Å²) < 4.78 is 2.24. The number of nitrogens with zero attached hydrogens (tertiary/aromatic N) is 3. The number of imidazole rings is 1. The molecule has 0 aromatic carbocycles. The third-order valence-corrected chi connectivity index (χ3v) is 3.17. The Hall–Kier alpha value is -0.870. The third kappa shape index (κ3) is 4.78. The van der Waals surface area contributed by atoms with Gasteiger partial charge in [0.05, 0.1) is 12.0 Å². The lowest BCUT2D eigenvalue weighted by atomic mass is 10.0. The first-order valence-electron chi connectivity index (χ1n) is 6.91. The van der Waals surface area contributed by atoms with Gasteiger partial charge >= 0.3 is 0 Å². The molecule has 1 atom stereocenters. The van der Waals surface area contributed by atoms with Crippen LogP contribution in [-0.4, -0.2) is 41.1 Å². The summed E-state index contributed by atoms with van der Waals surface area (Å²) in [6, 6.07) is 0.518. The van der Waals surface area contributed by atoms with Gasteiger partial charge in [0, 0.05) is 31.9 Å². The van der Waals surface area contributed by atoms with Crippen molar-refractivity contribution in [3.63, 3.8) is 0 Å². The van der Waals surface area contributed by atoms with Crippen LogP contribution >= 0.6 is 0 Å². The lowest BCUT2D eigenvalue weighted by molar-refractivity contribution is 0.286. The van der Waals surface area contributed by atoms with Crippen LogP contribution in [0.25, 0.3) is 0 Å². The second-order valence-electron chi connectivity index (χ2n) is 5.57. The molecule has 104 valence electrons. The summed E-state index contributed by atoms with van der Waals surface area (Å²) >= 11 is 0. The molecule has 0 spiro atoms. The van der Waals surface area contributed by atoms with E-state index in [1.807, 2.05) is 12.5 Å². The second kappa shape index (κ2) is 7.54. The Labute approximate surface area is 111 Å². The molecule has 1 aromatic heterocycles. The molecule has 0 saturated carbocycles. The van der Waals surface area contributed by atoms with Crippen molar-refractivity contribution in [1.29, 1.82) is 0 Å². The number of aryl methyl sites for hydroxylation is 1. The van der Waals surface area contributed by atoms with Gasteiger partial charge in [-0.05, 0) is 26.4 Å². The zero-order valence-corrected chi connectivity index (χ0v) is 12.5. The first-order chi connectivity index (χ1) is 8.54. The molecule has 1 N–H and O–H groups in total. The van der Waals surface area contributed by atoms with Crippen LogP contribution in [0, 0.1) is 5.92 Å². The van der Waals surface area contributed by atoms with Crippen LogP contribution in [0.2, 0.25) is 0 Å². The van der Waals surface area contributed by atoms with Crippen LogP contribution in [-0.2, 0) is 13.1 Å². The minimum Gasteiger partial charge on any atom is -0.333 e. The molecule has 4 nitrogen and oxygen atoms in total. The van der Waals surface area contributed by atoms with Gasteiger partial charge in [-0.15, -0.1) is 0 Å².